The Kier molecular flexibility index (Phi) is 4.26. The van der Waals surface area contributed by atoms with Crippen molar-refractivity contribution in [1.82, 2.24) is 9.88 Å². The average Bonchev–Trinajstić information content (AvgIpc) is 2.27. The molecule has 1 aliphatic heterocycles. The molecular weight excluding hydrogens is 259 g/mol. The van der Waals surface area contributed by atoms with Crippen LogP contribution in [-0.4, -0.2) is 35.2 Å². The Morgan fingerprint density at radius 1 is 1.41 bits per heavy atom. The Hall–Kier alpha value is -0.350. The molecule has 0 bridgehead atoms. The molecule has 2 heterocycles. The number of halogens is 2. The van der Waals surface area contributed by atoms with Gasteiger partial charge in [-0.05, 0) is 19.9 Å². The zero-order valence-corrected chi connectivity index (χ0v) is 11.5. The minimum absolute atomic E-state index is 0.269. The smallest absolute Gasteiger partial charge is 0.135 e. The molecule has 0 spiro atoms. The zero-order chi connectivity index (χ0) is 12.4. The maximum absolute atomic E-state index is 6.08. The van der Waals surface area contributed by atoms with Crippen molar-refractivity contribution in [2.24, 2.45) is 0 Å². The molecule has 1 saturated heterocycles. The van der Waals surface area contributed by atoms with E-state index < -0.39 is 0 Å². The van der Waals surface area contributed by atoms with Crippen molar-refractivity contribution in [3.05, 3.63) is 28.0 Å². The minimum atomic E-state index is 0.269. The third-order valence-corrected chi connectivity index (χ3v) is 3.54. The number of pyridine rings is 1. The lowest BCUT2D eigenvalue weighted by atomic mass is 10.1. The molecule has 94 valence electrons. The second kappa shape index (κ2) is 5.53. The fraction of sp³-hybridized carbons (Fsp3) is 0.583. The van der Waals surface area contributed by atoms with E-state index in [1.165, 1.54) is 0 Å². The molecule has 17 heavy (non-hydrogen) atoms. The van der Waals surface area contributed by atoms with Gasteiger partial charge in [0.15, 0.2) is 0 Å². The summed E-state index contributed by atoms with van der Waals surface area (Å²) in [7, 11) is 0. The van der Waals surface area contributed by atoms with Gasteiger partial charge >= 0.3 is 0 Å². The second-order valence-corrected chi connectivity index (χ2v) is 5.25. The van der Waals surface area contributed by atoms with Gasteiger partial charge in [-0.15, -0.1) is 0 Å². The molecule has 1 aliphatic rings. The van der Waals surface area contributed by atoms with Crippen molar-refractivity contribution in [2.45, 2.75) is 32.5 Å². The van der Waals surface area contributed by atoms with Crippen molar-refractivity contribution in [2.75, 3.05) is 13.2 Å². The first-order valence-corrected chi connectivity index (χ1v) is 6.48. The number of ether oxygens (including phenoxy) is 1. The molecule has 0 radical (unpaired) electrons. The van der Waals surface area contributed by atoms with Crippen LogP contribution < -0.4 is 0 Å². The summed E-state index contributed by atoms with van der Waals surface area (Å²) >= 11 is 11.9. The summed E-state index contributed by atoms with van der Waals surface area (Å²) in [6, 6.07) is 4.11. The number of nitrogens with zero attached hydrogens (tertiary/aromatic N) is 2. The Bertz CT molecular complexity index is 400. The maximum atomic E-state index is 6.08. The molecule has 1 aromatic heterocycles. The van der Waals surface area contributed by atoms with Crippen LogP contribution in [-0.2, 0) is 11.3 Å². The summed E-state index contributed by atoms with van der Waals surface area (Å²) in [6.07, 6.45) is 0.269. The molecule has 5 heteroatoms. The van der Waals surface area contributed by atoms with Crippen LogP contribution >= 0.6 is 23.2 Å². The Morgan fingerprint density at radius 3 is 2.88 bits per heavy atom. The van der Waals surface area contributed by atoms with Gasteiger partial charge in [0.25, 0.3) is 0 Å². The minimum Gasteiger partial charge on any atom is -0.376 e. The van der Waals surface area contributed by atoms with Gasteiger partial charge in [0, 0.05) is 24.7 Å². The van der Waals surface area contributed by atoms with Gasteiger partial charge in [-0.2, -0.15) is 0 Å². The third-order valence-electron chi connectivity index (χ3n) is 3.00. The SMILES string of the molecule is CC1CN(Cc2ccc(Cl)nc2Cl)C(C)CO1. The van der Waals surface area contributed by atoms with E-state index in [0.717, 1.165) is 25.3 Å². The largest absolute Gasteiger partial charge is 0.376 e. The first kappa shape index (κ1) is 13.1. The summed E-state index contributed by atoms with van der Waals surface area (Å²) < 4.78 is 5.60. The van der Waals surface area contributed by atoms with Gasteiger partial charge in [-0.1, -0.05) is 29.3 Å². The van der Waals surface area contributed by atoms with Gasteiger partial charge in [0.2, 0.25) is 0 Å². The van der Waals surface area contributed by atoms with Crippen molar-refractivity contribution in [1.29, 1.82) is 0 Å². The maximum Gasteiger partial charge on any atom is 0.135 e. The number of morpholine rings is 1. The van der Waals surface area contributed by atoms with E-state index in [1.807, 2.05) is 6.07 Å². The molecule has 0 aliphatic carbocycles. The quantitative estimate of drug-likeness (QED) is 0.776. The fourth-order valence-electron chi connectivity index (χ4n) is 1.97. The Labute approximate surface area is 112 Å². The zero-order valence-electron chi connectivity index (χ0n) is 9.99. The highest BCUT2D eigenvalue weighted by Gasteiger charge is 2.24. The summed E-state index contributed by atoms with van der Waals surface area (Å²) in [5.41, 5.74) is 1.01. The predicted molar refractivity (Wildman–Crippen MR) is 69.5 cm³/mol. The lowest BCUT2D eigenvalue weighted by molar-refractivity contribution is -0.0526. The normalized spacial score (nSPS) is 26.1. The van der Waals surface area contributed by atoms with Crippen LogP contribution in [0.1, 0.15) is 19.4 Å². The van der Waals surface area contributed by atoms with E-state index in [0.29, 0.717) is 16.3 Å². The molecule has 0 N–H and O–H groups in total. The highest BCUT2D eigenvalue weighted by molar-refractivity contribution is 6.32. The van der Waals surface area contributed by atoms with E-state index in [2.05, 4.69) is 23.7 Å². The standard InChI is InChI=1S/C12H16Cl2N2O/c1-8-7-17-9(2)5-16(8)6-10-3-4-11(13)15-12(10)14/h3-4,8-9H,5-7H2,1-2H3. The van der Waals surface area contributed by atoms with Gasteiger partial charge in [0.05, 0.1) is 12.7 Å². The van der Waals surface area contributed by atoms with Crippen LogP contribution in [0.2, 0.25) is 10.3 Å². The van der Waals surface area contributed by atoms with E-state index >= 15 is 0 Å². The molecule has 0 saturated carbocycles. The van der Waals surface area contributed by atoms with E-state index in [9.17, 15) is 0 Å². The number of hydrogen-bond donors (Lipinski definition) is 0. The second-order valence-electron chi connectivity index (χ2n) is 4.51. The van der Waals surface area contributed by atoms with Crippen LogP contribution in [0, 0.1) is 0 Å². The highest BCUT2D eigenvalue weighted by Crippen LogP contribution is 2.21. The molecule has 1 fully saturated rings. The molecule has 2 atom stereocenters. The molecule has 2 unspecified atom stereocenters. The Balaban J connectivity index is 2.08. The van der Waals surface area contributed by atoms with Crippen LogP contribution in [0.5, 0.6) is 0 Å². The van der Waals surface area contributed by atoms with Gasteiger partial charge in [-0.3, -0.25) is 4.90 Å². The molecular formula is C12H16Cl2N2O. The van der Waals surface area contributed by atoms with Crippen molar-refractivity contribution >= 4 is 23.2 Å². The first-order chi connectivity index (χ1) is 8.06. The van der Waals surface area contributed by atoms with E-state index in [1.54, 1.807) is 6.07 Å². The monoisotopic (exact) mass is 274 g/mol. The molecule has 3 nitrogen and oxygen atoms in total. The van der Waals surface area contributed by atoms with E-state index in [4.69, 9.17) is 27.9 Å². The van der Waals surface area contributed by atoms with Crippen LogP contribution in [0.25, 0.3) is 0 Å². The van der Waals surface area contributed by atoms with Crippen LogP contribution in [0.15, 0.2) is 12.1 Å². The summed E-state index contributed by atoms with van der Waals surface area (Å²) in [4.78, 5) is 6.41. The first-order valence-electron chi connectivity index (χ1n) is 5.73. The lowest BCUT2D eigenvalue weighted by Gasteiger charge is -2.36. The highest BCUT2D eigenvalue weighted by atomic mass is 35.5. The number of aromatic nitrogens is 1. The lowest BCUT2D eigenvalue weighted by Crippen LogP contribution is -2.46. The summed E-state index contributed by atoms with van der Waals surface area (Å²) in [5.74, 6) is 0. The van der Waals surface area contributed by atoms with Gasteiger partial charge in [-0.25, -0.2) is 4.98 Å². The summed E-state index contributed by atoms with van der Waals surface area (Å²) in [6.45, 7) is 6.71. The van der Waals surface area contributed by atoms with Crippen LogP contribution in [0.4, 0.5) is 0 Å². The van der Waals surface area contributed by atoms with E-state index in [-0.39, 0.29) is 6.10 Å². The predicted octanol–water partition coefficient (Wildman–Crippen LogP) is 3.00. The topological polar surface area (TPSA) is 25.4 Å². The molecule has 1 aromatic rings. The fourth-order valence-corrected chi connectivity index (χ4v) is 2.37. The third kappa shape index (κ3) is 3.32. The van der Waals surface area contributed by atoms with Crippen LogP contribution in [0.3, 0.4) is 0 Å². The van der Waals surface area contributed by atoms with Crippen molar-refractivity contribution in [3.8, 4) is 0 Å². The number of rotatable bonds is 2. The summed E-state index contributed by atoms with van der Waals surface area (Å²) in [5, 5.41) is 0.922. The molecule has 0 amide bonds. The Morgan fingerprint density at radius 2 is 2.18 bits per heavy atom. The molecule has 0 aromatic carbocycles. The van der Waals surface area contributed by atoms with Gasteiger partial charge < -0.3 is 4.74 Å². The molecule has 2 rings (SSSR count). The van der Waals surface area contributed by atoms with Crippen molar-refractivity contribution < 1.29 is 4.74 Å². The van der Waals surface area contributed by atoms with Gasteiger partial charge in [0.1, 0.15) is 10.3 Å². The van der Waals surface area contributed by atoms with Crippen molar-refractivity contribution in [3.63, 3.8) is 0 Å². The average molecular weight is 275 g/mol. The number of hydrogen-bond acceptors (Lipinski definition) is 3.